The molecule has 0 fully saturated rings. The second-order valence-electron chi connectivity index (χ2n) is 3.37. The fourth-order valence-corrected chi connectivity index (χ4v) is 0.744. The van der Waals surface area contributed by atoms with E-state index in [1.54, 1.807) is 0 Å². The lowest BCUT2D eigenvalue weighted by atomic mass is 10.3. The lowest BCUT2D eigenvalue weighted by Gasteiger charge is -2.21. The van der Waals surface area contributed by atoms with Crippen LogP contribution < -0.4 is 5.32 Å². The van der Waals surface area contributed by atoms with Gasteiger partial charge in [0.2, 0.25) is 0 Å². The summed E-state index contributed by atoms with van der Waals surface area (Å²) in [7, 11) is 1.89. The summed E-state index contributed by atoms with van der Waals surface area (Å²) in [6, 6.07) is 0.368. The van der Waals surface area contributed by atoms with E-state index < -0.39 is 12.7 Å². The summed E-state index contributed by atoms with van der Waals surface area (Å²) < 4.78 is 35.0. The van der Waals surface area contributed by atoms with Crippen LogP contribution >= 0.6 is 0 Å². The van der Waals surface area contributed by atoms with Crippen molar-refractivity contribution in [1.82, 2.24) is 10.2 Å². The maximum atomic E-state index is 11.7. The van der Waals surface area contributed by atoms with Crippen molar-refractivity contribution in [2.45, 2.75) is 26.1 Å². The van der Waals surface area contributed by atoms with Crippen LogP contribution in [0.4, 0.5) is 13.2 Å². The van der Waals surface area contributed by atoms with Crippen molar-refractivity contribution < 1.29 is 13.2 Å². The summed E-state index contributed by atoms with van der Waals surface area (Å²) >= 11 is 0. The van der Waals surface area contributed by atoms with E-state index in [9.17, 15) is 13.2 Å². The van der Waals surface area contributed by atoms with Gasteiger partial charge in [0.25, 0.3) is 0 Å². The minimum absolute atomic E-state index is 0.368. The molecule has 1 N–H and O–H groups in total. The molecule has 0 bridgehead atoms. The zero-order chi connectivity index (χ0) is 10.5. The Bertz CT molecular complexity index is 134. The van der Waals surface area contributed by atoms with E-state index in [0.717, 1.165) is 0 Å². The quantitative estimate of drug-likeness (QED) is 0.673. The minimum Gasteiger partial charge on any atom is -0.307 e. The molecule has 0 unspecified atom stereocenters. The first-order valence-corrected chi connectivity index (χ1v) is 4.30. The highest BCUT2D eigenvalue weighted by Gasteiger charge is 2.25. The smallest absolute Gasteiger partial charge is 0.307 e. The van der Waals surface area contributed by atoms with E-state index in [2.05, 4.69) is 5.32 Å². The lowest BCUT2D eigenvalue weighted by Crippen LogP contribution is -2.37. The summed E-state index contributed by atoms with van der Waals surface area (Å²) in [6.07, 6.45) is -4.10. The van der Waals surface area contributed by atoms with Crippen LogP contribution in [0.25, 0.3) is 0 Å². The highest BCUT2D eigenvalue weighted by atomic mass is 19.4. The van der Waals surface area contributed by atoms with Crippen LogP contribution in [-0.4, -0.2) is 43.8 Å². The predicted octanol–water partition coefficient (Wildman–Crippen LogP) is 1.48. The van der Waals surface area contributed by atoms with Crippen molar-refractivity contribution in [2.75, 3.05) is 26.7 Å². The van der Waals surface area contributed by atoms with Gasteiger partial charge in [-0.25, -0.2) is 0 Å². The second kappa shape index (κ2) is 5.44. The molecule has 0 amide bonds. The number of alkyl halides is 3. The fourth-order valence-electron chi connectivity index (χ4n) is 0.744. The number of nitrogens with zero attached hydrogens (tertiary/aromatic N) is 1. The molecule has 13 heavy (non-hydrogen) atoms. The summed E-state index contributed by atoms with van der Waals surface area (Å²) in [5.74, 6) is 0. The molecule has 0 heterocycles. The number of nitrogens with one attached hydrogen (secondary N) is 1. The largest absolute Gasteiger partial charge is 0.401 e. The van der Waals surface area contributed by atoms with Gasteiger partial charge in [-0.1, -0.05) is 0 Å². The zero-order valence-electron chi connectivity index (χ0n) is 8.28. The molecule has 0 saturated heterocycles. The van der Waals surface area contributed by atoms with Gasteiger partial charge in [-0.15, -0.1) is 0 Å². The number of halogens is 3. The Kier molecular flexibility index (Phi) is 5.32. The van der Waals surface area contributed by atoms with Gasteiger partial charge < -0.3 is 10.2 Å². The maximum absolute atomic E-state index is 11.7. The Morgan fingerprint density at radius 3 is 2.23 bits per heavy atom. The molecular formula is C8H17F3N2. The first-order chi connectivity index (χ1) is 5.83. The van der Waals surface area contributed by atoms with Crippen LogP contribution in [0.5, 0.6) is 0 Å². The molecule has 0 rings (SSSR count). The third-order valence-electron chi connectivity index (χ3n) is 1.85. The number of likely N-dealkylation sites (N-methyl/N-ethyl adjacent to an activating group) is 1. The van der Waals surface area contributed by atoms with Gasteiger partial charge >= 0.3 is 6.18 Å². The monoisotopic (exact) mass is 198 g/mol. The summed E-state index contributed by atoms with van der Waals surface area (Å²) in [6.45, 7) is 4.11. The van der Waals surface area contributed by atoms with Crippen LogP contribution in [0.3, 0.4) is 0 Å². The van der Waals surface area contributed by atoms with E-state index in [1.807, 2.05) is 25.8 Å². The van der Waals surface area contributed by atoms with Crippen LogP contribution in [0.15, 0.2) is 0 Å². The highest BCUT2D eigenvalue weighted by Crippen LogP contribution is 2.11. The Balaban J connectivity index is 3.36. The molecule has 0 spiro atoms. The third kappa shape index (κ3) is 8.05. The average molecular weight is 198 g/mol. The van der Waals surface area contributed by atoms with Crippen molar-refractivity contribution >= 4 is 0 Å². The molecule has 0 aromatic rings. The molecule has 0 saturated carbocycles. The molecule has 0 radical (unpaired) electrons. The highest BCUT2D eigenvalue weighted by molar-refractivity contribution is 4.61. The van der Waals surface area contributed by atoms with E-state index in [4.69, 9.17) is 0 Å². The summed E-state index contributed by atoms with van der Waals surface area (Å²) in [5, 5.41) is 2.34. The van der Waals surface area contributed by atoms with Gasteiger partial charge in [-0.2, -0.15) is 13.2 Å². The van der Waals surface area contributed by atoms with Gasteiger partial charge in [0.15, 0.2) is 0 Å². The molecule has 5 heteroatoms. The molecule has 0 aliphatic rings. The molecule has 0 aromatic heterocycles. The van der Waals surface area contributed by atoms with E-state index in [-0.39, 0.29) is 0 Å². The fraction of sp³-hybridized carbons (Fsp3) is 1.00. The maximum Gasteiger partial charge on any atom is 0.401 e. The zero-order valence-corrected chi connectivity index (χ0v) is 8.28. The second-order valence-corrected chi connectivity index (χ2v) is 3.37. The SMILES string of the molecule is CC(C)N(C)CCNCC(F)(F)F. The molecule has 0 atom stereocenters. The van der Waals surface area contributed by atoms with Crippen LogP contribution in [0.1, 0.15) is 13.8 Å². The van der Waals surface area contributed by atoms with Gasteiger partial charge in [0.1, 0.15) is 0 Å². The lowest BCUT2D eigenvalue weighted by molar-refractivity contribution is -0.124. The van der Waals surface area contributed by atoms with Crippen molar-refractivity contribution in [2.24, 2.45) is 0 Å². The molecule has 0 aliphatic heterocycles. The van der Waals surface area contributed by atoms with Crippen LogP contribution in [0, 0.1) is 0 Å². The Labute approximate surface area is 77.1 Å². The van der Waals surface area contributed by atoms with E-state index in [0.29, 0.717) is 19.1 Å². The van der Waals surface area contributed by atoms with Crippen molar-refractivity contribution in [1.29, 1.82) is 0 Å². The first kappa shape index (κ1) is 12.7. The molecule has 80 valence electrons. The van der Waals surface area contributed by atoms with E-state index in [1.165, 1.54) is 0 Å². The third-order valence-corrected chi connectivity index (χ3v) is 1.85. The predicted molar refractivity (Wildman–Crippen MR) is 46.7 cm³/mol. The first-order valence-electron chi connectivity index (χ1n) is 4.30. The molecule has 0 aliphatic carbocycles. The Morgan fingerprint density at radius 1 is 1.31 bits per heavy atom. The molecule has 2 nitrogen and oxygen atoms in total. The summed E-state index contributed by atoms with van der Waals surface area (Å²) in [4.78, 5) is 1.99. The minimum atomic E-state index is -4.10. The average Bonchev–Trinajstić information content (AvgIpc) is 1.95. The van der Waals surface area contributed by atoms with Crippen molar-refractivity contribution in [3.63, 3.8) is 0 Å². The molecule has 0 aromatic carbocycles. The topological polar surface area (TPSA) is 15.3 Å². The van der Waals surface area contributed by atoms with Gasteiger partial charge in [-0.05, 0) is 20.9 Å². The van der Waals surface area contributed by atoms with E-state index >= 15 is 0 Å². The van der Waals surface area contributed by atoms with Crippen LogP contribution in [0.2, 0.25) is 0 Å². The summed E-state index contributed by atoms with van der Waals surface area (Å²) in [5.41, 5.74) is 0. The number of rotatable bonds is 5. The normalized spacial score (nSPS) is 12.9. The van der Waals surface area contributed by atoms with Gasteiger partial charge in [0, 0.05) is 19.1 Å². The number of hydrogen-bond acceptors (Lipinski definition) is 2. The molecular weight excluding hydrogens is 181 g/mol. The van der Waals surface area contributed by atoms with Crippen molar-refractivity contribution in [3.05, 3.63) is 0 Å². The van der Waals surface area contributed by atoms with Crippen LogP contribution in [-0.2, 0) is 0 Å². The standard InChI is InChI=1S/C8H17F3N2/c1-7(2)13(3)5-4-12-6-8(9,10)11/h7,12H,4-6H2,1-3H3. The Hall–Kier alpha value is -0.290. The van der Waals surface area contributed by atoms with Crippen molar-refractivity contribution in [3.8, 4) is 0 Å². The van der Waals surface area contributed by atoms with Gasteiger partial charge in [0.05, 0.1) is 6.54 Å². The number of hydrogen-bond donors (Lipinski definition) is 1. The Morgan fingerprint density at radius 2 is 1.85 bits per heavy atom. The van der Waals surface area contributed by atoms with Gasteiger partial charge in [-0.3, -0.25) is 0 Å².